The summed E-state index contributed by atoms with van der Waals surface area (Å²) in [5.74, 6) is -0.465. The summed E-state index contributed by atoms with van der Waals surface area (Å²) in [7, 11) is -4.07. The van der Waals surface area contributed by atoms with Crippen LogP contribution in [0.15, 0.2) is 70.4 Å². The molecule has 3 heterocycles. The van der Waals surface area contributed by atoms with Gasteiger partial charge in [0.05, 0.1) is 41.8 Å². The van der Waals surface area contributed by atoms with E-state index in [-0.39, 0.29) is 22.9 Å². The Hall–Kier alpha value is -3.89. The van der Waals surface area contributed by atoms with Crippen LogP contribution in [0.1, 0.15) is 59.5 Å². The van der Waals surface area contributed by atoms with Crippen LogP contribution in [0, 0.1) is 6.92 Å². The van der Waals surface area contributed by atoms with Crippen molar-refractivity contribution in [2.75, 3.05) is 26.3 Å². The first-order valence-electron chi connectivity index (χ1n) is 14.5. The average Bonchev–Trinajstić information content (AvgIpc) is 3.64. The smallest absolute Gasteiger partial charge is 0.265 e. The number of morpholine rings is 1. The first-order chi connectivity index (χ1) is 20.3. The number of hydrogen-bond donors (Lipinski definition) is 1. The second-order valence-electron chi connectivity index (χ2n) is 11.2. The third-order valence-corrected chi connectivity index (χ3v) is 9.74. The summed E-state index contributed by atoms with van der Waals surface area (Å²) in [6, 6.07) is 13.5. The van der Waals surface area contributed by atoms with E-state index in [2.05, 4.69) is 4.72 Å². The Balaban J connectivity index is 1.45. The molecule has 0 atom stereocenters. The predicted octanol–water partition coefficient (Wildman–Crippen LogP) is 5.23. The first kappa shape index (κ1) is 28.2. The lowest BCUT2D eigenvalue weighted by Gasteiger charge is -2.27. The monoisotopic (exact) mass is 589 g/mol. The van der Waals surface area contributed by atoms with Crippen LogP contribution in [-0.2, 0) is 26.1 Å². The number of amides is 2. The molecule has 2 fully saturated rings. The normalized spacial score (nSPS) is 16.5. The van der Waals surface area contributed by atoms with Gasteiger partial charge in [-0.25, -0.2) is 13.1 Å². The molecule has 1 aliphatic carbocycles. The van der Waals surface area contributed by atoms with Crippen LogP contribution in [0.5, 0.6) is 0 Å². The number of nitrogens with one attached hydrogen (secondary N) is 1. The molecular formula is C32H35N3O6S. The molecule has 2 aromatic heterocycles. The molecule has 9 nitrogen and oxygen atoms in total. The standard InChI is InChI=1S/C32H35N3O6S/c1-22-7-10-26(11-8-22)42(38,39)33-32(37)24-9-12-27-28(19-24)35(20-29(36)34-14-17-40-18-15-34)31(25-13-16-41-21-25)30(27)23-5-3-2-4-6-23/h7-13,16,19,21,23H,2-6,14-15,17-18,20H2,1H3,(H,33,37). The Kier molecular flexibility index (Phi) is 7.92. The summed E-state index contributed by atoms with van der Waals surface area (Å²) in [5, 5.41) is 0.964. The lowest BCUT2D eigenvalue weighted by atomic mass is 9.82. The van der Waals surface area contributed by atoms with Gasteiger partial charge in [0.2, 0.25) is 5.91 Å². The summed E-state index contributed by atoms with van der Waals surface area (Å²) in [6.45, 7) is 4.00. The Morgan fingerprint density at radius 3 is 2.40 bits per heavy atom. The number of carbonyl (C=O) groups is 2. The maximum Gasteiger partial charge on any atom is 0.265 e. The molecule has 1 saturated heterocycles. The quantitative estimate of drug-likeness (QED) is 0.316. The minimum Gasteiger partial charge on any atom is -0.472 e. The van der Waals surface area contributed by atoms with Gasteiger partial charge in [0.25, 0.3) is 15.9 Å². The van der Waals surface area contributed by atoms with Crippen molar-refractivity contribution in [2.24, 2.45) is 0 Å². The van der Waals surface area contributed by atoms with Crippen molar-refractivity contribution in [3.63, 3.8) is 0 Å². The van der Waals surface area contributed by atoms with E-state index < -0.39 is 15.9 Å². The van der Waals surface area contributed by atoms with Crippen LogP contribution in [0.2, 0.25) is 0 Å². The number of fused-ring (bicyclic) bond motifs is 1. The van der Waals surface area contributed by atoms with Gasteiger partial charge in [-0.15, -0.1) is 0 Å². The Morgan fingerprint density at radius 1 is 0.976 bits per heavy atom. The van der Waals surface area contributed by atoms with Crippen molar-refractivity contribution in [1.82, 2.24) is 14.2 Å². The Labute approximate surface area is 245 Å². The Morgan fingerprint density at radius 2 is 1.71 bits per heavy atom. The molecule has 10 heteroatoms. The molecule has 0 bridgehead atoms. The number of aromatic nitrogens is 1. The largest absolute Gasteiger partial charge is 0.472 e. The van der Waals surface area contributed by atoms with Gasteiger partial charge < -0.3 is 18.6 Å². The first-order valence-corrected chi connectivity index (χ1v) is 16.0. The molecule has 2 amide bonds. The van der Waals surface area contributed by atoms with Gasteiger partial charge in [0, 0.05) is 29.6 Å². The topological polar surface area (TPSA) is 111 Å². The number of carbonyl (C=O) groups excluding carboxylic acids is 2. The summed E-state index contributed by atoms with van der Waals surface area (Å²) >= 11 is 0. The van der Waals surface area contributed by atoms with Gasteiger partial charge in [-0.2, -0.15) is 0 Å². The highest BCUT2D eigenvalue weighted by atomic mass is 32.2. The second-order valence-corrected chi connectivity index (χ2v) is 12.9. The van der Waals surface area contributed by atoms with Crippen molar-refractivity contribution in [3.05, 3.63) is 77.7 Å². The second kappa shape index (κ2) is 11.8. The highest BCUT2D eigenvalue weighted by Crippen LogP contribution is 2.44. The summed E-state index contributed by atoms with van der Waals surface area (Å²) in [6.07, 6.45) is 8.86. The molecule has 4 aromatic rings. The lowest BCUT2D eigenvalue weighted by Crippen LogP contribution is -2.42. The van der Waals surface area contributed by atoms with Crippen molar-refractivity contribution >= 4 is 32.7 Å². The number of rotatable bonds is 7. The van der Waals surface area contributed by atoms with Crippen molar-refractivity contribution < 1.29 is 27.2 Å². The van der Waals surface area contributed by atoms with E-state index in [4.69, 9.17) is 9.15 Å². The molecule has 220 valence electrons. The predicted molar refractivity (Wildman–Crippen MR) is 159 cm³/mol. The van der Waals surface area contributed by atoms with Crippen molar-refractivity contribution in [2.45, 2.75) is 56.4 Å². The van der Waals surface area contributed by atoms with Crippen molar-refractivity contribution in [1.29, 1.82) is 0 Å². The van der Waals surface area contributed by atoms with Gasteiger partial charge >= 0.3 is 0 Å². The molecule has 0 unspecified atom stereocenters. The molecule has 0 radical (unpaired) electrons. The molecule has 2 aliphatic rings. The summed E-state index contributed by atoms with van der Waals surface area (Å²) in [4.78, 5) is 28.7. The van der Waals surface area contributed by atoms with Gasteiger partial charge in [-0.05, 0) is 61.6 Å². The Bertz CT molecular complexity index is 1700. The van der Waals surface area contributed by atoms with Crippen LogP contribution in [-0.4, -0.2) is 56.0 Å². The number of nitrogens with zero attached hydrogens (tertiary/aromatic N) is 2. The molecular weight excluding hydrogens is 554 g/mol. The zero-order valence-corrected chi connectivity index (χ0v) is 24.5. The highest BCUT2D eigenvalue weighted by Gasteiger charge is 2.29. The molecule has 1 aliphatic heterocycles. The molecule has 1 saturated carbocycles. The van der Waals surface area contributed by atoms with Gasteiger partial charge in [0.15, 0.2) is 0 Å². The summed E-state index contributed by atoms with van der Waals surface area (Å²) < 4.78 is 41.1. The third kappa shape index (κ3) is 5.61. The number of furan rings is 1. The van der Waals surface area contributed by atoms with Crippen LogP contribution >= 0.6 is 0 Å². The van der Waals surface area contributed by atoms with Gasteiger partial charge in [0.1, 0.15) is 6.54 Å². The minimum atomic E-state index is -4.07. The van der Waals surface area contributed by atoms with Crippen LogP contribution in [0.3, 0.4) is 0 Å². The molecule has 6 rings (SSSR count). The van der Waals surface area contributed by atoms with E-state index in [1.165, 1.54) is 18.6 Å². The maximum atomic E-state index is 13.6. The molecule has 42 heavy (non-hydrogen) atoms. The van der Waals surface area contributed by atoms with E-state index in [1.54, 1.807) is 41.7 Å². The fourth-order valence-corrected chi connectivity index (χ4v) is 7.18. The molecule has 2 aromatic carbocycles. The fourth-order valence-electron chi connectivity index (χ4n) is 6.20. The maximum absolute atomic E-state index is 13.6. The third-order valence-electron chi connectivity index (χ3n) is 8.39. The average molecular weight is 590 g/mol. The van der Waals surface area contributed by atoms with Crippen molar-refractivity contribution in [3.8, 4) is 11.3 Å². The minimum absolute atomic E-state index is 0.0174. The van der Waals surface area contributed by atoms with E-state index in [0.717, 1.165) is 53.5 Å². The number of benzene rings is 2. The van der Waals surface area contributed by atoms with Crippen LogP contribution in [0.4, 0.5) is 0 Å². The van der Waals surface area contributed by atoms with Crippen LogP contribution in [0.25, 0.3) is 22.2 Å². The van der Waals surface area contributed by atoms with Gasteiger partial charge in [-0.3, -0.25) is 9.59 Å². The zero-order valence-electron chi connectivity index (χ0n) is 23.7. The molecule has 0 spiro atoms. The van der Waals surface area contributed by atoms with E-state index >= 15 is 0 Å². The number of aryl methyl sites for hydroxylation is 1. The fraction of sp³-hybridized carbons (Fsp3) is 0.375. The zero-order chi connectivity index (χ0) is 29.3. The van der Waals surface area contributed by atoms with E-state index in [0.29, 0.717) is 37.7 Å². The van der Waals surface area contributed by atoms with E-state index in [1.807, 2.05) is 23.6 Å². The van der Waals surface area contributed by atoms with E-state index in [9.17, 15) is 18.0 Å². The van der Waals surface area contributed by atoms with Gasteiger partial charge in [-0.1, -0.05) is 43.0 Å². The SMILES string of the molecule is Cc1ccc(S(=O)(=O)NC(=O)c2ccc3c(C4CCCCC4)c(-c4ccoc4)n(CC(=O)N4CCOCC4)c3c2)cc1. The van der Waals surface area contributed by atoms with Crippen LogP contribution < -0.4 is 4.72 Å². The number of ether oxygens (including phenoxy) is 1. The number of sulfonamides is 1. The molecule has 1 N–H and O–H groups in total. The highest BCUT2D eigenvalue weighted by molar-refractivity contribution is 7.90. The lowest BCUT2D eigenvalue weighted by molar-refractivity contribution is -0.135. The number of hydrogen-bond acceptors (Lipinski definition) is 6. The summed E-state index contributed by atoms with van der Waals surface area (Å²) in [5.41, 5.74) is 4.77.